The van der Waals surface area contributed by atoms with E-state index in [0.717, 1.165) is 14.2 Å². The number of ether oxygens (including phenoxy) is 8. The van der Waals surface area contributed by atoms with E-state index in [2.05, 4.69) is 58.5 Å². The van der Waals surface area contributed by atoms with Gasteiger partial charge in [-0.05, 0) is 28.9 Å². The van der Waals surface area contributed by atoms with Gasteiger partial charge in [0.1, 0.15) is 45.6 Å². The highest BCUT2D eigenvalue weighted by molar-refractivity contribution is 6.89. The zero-order valence-electron chi connectivity index (χ0n) is 53.5. The second-order valence-electron chi connectivity index (χ2n) is 22.5. The van der Waals surface area contributed by atoms with Crippen molar-refractivity contribution in [3.8, 4) is 56.8 Å². The van der Waals surface area contributed by atoms with Crippen molar-refractivity contribution >= 4 is 86.4 Å². The van der Waals surface area contributed by atoms with Crippen molar-refractivity contribution in [1.82, 2.24) is 19.9 Å². The standard InChI is InChI=1S/C17H19F3N2O3Si.C17H20F2N2O3Si.C17H21FN2O3Si.C10H13FN2O3/c1-24-16-13(21)12(20)14(22-15(16)17(23)25-2)8-6-7-9(26(3,4)5)11(19)10(8)18;1-23-16-13(20)12(19)14(21-15(16)17(22)24-2)9-6-7-11(10(18)8-9)25(3,4)5;1-22-16-13(19)12(18)14(20-15(16)17(21)23-2)10-6-8-11(9-7-10)24(3,4)5;1-4-5-6(11)7(12)9(15-2)8(13-5)10(14)16-3/h6-7H,1-5H3,(H2,21,22);6-8H,1-5H3,(H2,20,21);6-9H,1-5H3,(H2,19,20);4H2,1-3H3,(H2,12,13). The Morgan fingerprint density at radius 3 is 1.07 bits per heavy atom. The summed E-state index contributed by atoms with van der Waals surface area (Å²) in [6, 6.07) is 14.5. The Kier molecular flexibility index (Phi) is 24.8. The summed E-state index contributed by atoms with van der Waals surface area (Å²) in [7, 11) is 4.14. The Morgan fingerprint density at radius 1 is 0.396 bits per heavy atom. The predicted octanol–water partition coefficient (Wildman–Crippen LogP) is 10.0. The van der Waals surface area contributed by atoms with Crippen LogP contribution in [0.3, 0.4) is 0 Å². The summed E-state index contributed by atoms with van der Waals surface area (Å²) in [6.07, 6.45) is 0.323. The van der Waals surface area contributed by atoms with Gasteiger partial charge in [0.15, 0.2) is 80.7 Å². The number of nitrogens with zero attached hydrogens (tertiary/aromatic N) is 4. The molecule has 7 rings (SSSR count). The summed E-state index contributed by atoms with van der Waals surface area (Å²) >= 11 is 0. The van der Waals surface area contributed by atoms with Crippen LogP contribution in [-0.2, 0) is 25.4 Å². The van der Waals surface area contributed by atoms with Crippen LogP contribution in [0, 0.1) is 40.7 Å². The minimum Gasteiger partial charge on any atom is -0.492 e. The normalized spacial score (nSPS) is 11.1. The third kappa shape index (κ3) is 16.4. The lowest BCUT2D eigenvalue weighted by atomic mass is 10.1. The van der Waals surface area contributed by atoms with E-state index in [0.29, 0.717) is 17.2 Å². The maximum absolute atomic E-state index is 14.6. The van der Waals surface area contributed by atoms with E-state index in [9.17, 15) is 49.9 Å². The fourth-order valence-corrected chi connectivity index (χ4v) is 12.5. The lowest BCUT2D eigenvalue weighted by molar-refractivity contribution is 0.0580. The van der Waals surface area contributed by atoms with Crippen LogP contribution in [0.1, 0.15) is 54.6 Å². The Morgan fingerprint density at radius 2 is 0.725 bits per heavy atom. The average molecular weight is 1330 g/mol. The van der Waals surface area contributed by atoms with E-state index >= 15 is 0 Å². The Balaban J connectivity index is 0.000000262. The molecule has 4 aromatic heterocycles. The SMILES string of the molecule is CCc1nc(C(=O)OC)c(OC)c(N)c1F.COC(=O)c1nc(-c2ccc([Si](C)(C)C)c(F)c2)c(F)c(N)c1OC.COC(=O)c1nc(-c2ccc([Si](C)(C)C)c(F)c2F)c(F)c(N)c1OC.COC(=O)c1nc(-c2ccc([Si](C)(C)C)cc2)c(F)c(N)c1OC. The number of aryl methyl sites for hydroxylation is 1. The zero-order valence-corrected chi connectivity index (χ0v) is 56.5. The molecule has 0 spiro atoms. The van der Waals surface area contributed by atoms with Gasteiger partial charge in [-0.3, -0.25) is 0 Å². The topological polar surface area (TPSA) is 298 Å². The van der Waals surface area contributed by atoms with Crippen molar-refractivity contribution in [2.45, 2.75) is 72.3 Å². The van der Waals surface area contributed by atoms with Gasteiger partial charge in [0.05, 0.1) is 86.8 Å². The Hall–Kier alpha value is -9.30. The van der Waals surface area contributed by atoms with Crippen molar-refractivity contribution < 1.29 is 87.8 Å². The molecule has 0 aliphatic rings. The summed E-state index contributed by atoms with van der Waals surface area (Å²) in [4.78, 5) is 62.7. The number of hydrogen-bond acceptors (Lipinski definition) is 20. The number of carbonyl (C=O) groups is 4. The molecular formula is C61H73F7N8O12Si3. The number of nitrogen functional groups attached to an aromatic ring is 4. The number of halogens is 7. The second-order valence-corrected chi connectivity index (χ2v) is 37.7. The molecule has 0 fully saturated rings. The molecule has 0 saturated carbocycles. The third-order valence-corrected chi connectivity index (χ3v) is 19.6. The molecule has 4 heterocycles. The minimum absolute atomic E-state index is 0.00386. The van der Waals surface area contributed by atoms with Gasteiger partial charge in [0, 0.05) is 16.7 Å². The first-order valence-electron chi connectivity index (χ1n) is 27.3. The van der Waals surface area contributed by atoms with E-state index in [1.807, 2.05) is 51.4 Å². The molecule has 0 bridgehead atoms. The molecule has 0 amide bonds. The molecule has 91 heavy (non-hydrogen) atoms. The molecular weight excluding hydrogens is 1250 g/mol. The fraction of sp³-hybridized carbons (Fsp3) is 0.311. The lowest BCUT2D eigenvalue weighted by Crippen LogP contribution is -2.40. The van der Waals surface area contributed by atoms with Gasteiger partial charge in [-0.2, -0.15) is 0 Å². The molecule has 8 N–H and O–H groups in total. The van der Waals surface area contributed by atoms with E-state index < -0.39 is 111 Å². The van der Waals surface area contributed by atoms with Gasteiger partial charge in [-0.15, -0.1) is 0 Å². The Labute approximate surface area is 524 Å². The number of benzene rings is 3. The number of esters is 4. The maximum Gasteiger partial charge on any atom is 0.360 e. The lowest BCUT2D eigenvalue weighted by Gasteiger charge is -2.19. The number of rotatable bonds is 15. The van der Waals surface area contributed by atoms with Crippen LogP contribution in [0.4, 0.5) is 53.5 Å². The Bertz CT molecular complexity index is 3890. The van der Waals surface area contributed by atoms with E-state index in [1.165, 1.54) is 66.0 Å². The number of methoxy groups -OCH3 is 8. The molecule has 0 saturated heterocycles. The summed E-state index contributed by atoms with van der Waals surface area (Å²) in [6.45, 7) is 19.9. The van der Waals surface area contributed by atoms with Gasteiger partial charge < -0.3 is 60.8 Å². The number of aromatic nitrogens is 4. The van der Waals surface area contributed by atoms with Crippen LogP contribution in [-0.4, -0.2) is 125 Å². The second kappa shape index (κ2) is 30.5. The van der Waals surface area contributed by atoms with Crippen molar-refractivity contribution in [1.29, 1.82) is 0 Å². The van der Waals surface area contributed by atoms with Crippen LogP contribution in [0.2, 0.25) is 58.9 Å². The summed E-state index contributed by atoms with van der Waals surface area (Å²) in [5.74, 6) is -10.1. The van der Waals surface area contributed by atoms with Crippen LogP contribution in [0.15, 0.2) is 54.6 Å². The van der Waals surface area contributed by atoms with Crippen molar-refractivity contribution in [3.63, 3.8) is 0 Å². The smallest absolute Gasteiger partial charge is 0.360 e. The molecule has 0 atom stereocenters. The predicted molar refractivity (Wildman–Crippen MR) is 340 cm³/mol. The van der Waals surface area contributed by atoms with E-state index in [4.69, 9.17) is 41.9 Å². The first kappa shape index (κ1) is 74.2. The van der Waals surface area contributed by atoms with Gasteiger partial charge in [-0.1, -0.05) is 113 Å². The fourth-order valence-electron chi connectivity index (χ4n) is 8.59. The number of anilines is 4. The maximum atomic E-state index is 14.6. The quantitative estimate of drug-likeness (QED) is 0.0321. The van der Waals surface area contributed by atoms with Gasteiger partial charge in [0.25, 0.3) is 0 Å². The van der Waals surface area contributed by atoms with Crippen molar-refractivity contribution in [3.05, 3.63) is 124 Å². The highest BCUT2D eigenvalue weighted by Crippen LogP contribution is 2.38. The molecule has 7 aromatic rings. The van der Waals surface area contributed by atoms with Crippen LogP contribution in [0.5, 0.6) is 23.0 Å². The van der Waals surface area contributed by atoms with Gasteiger partial charge in [-0.25, -0.2) is 69.8 Å². The molecule has 0 unspecified atom stereocenters. The first-order chi connectivity index (χ1) is 42.4. The molecule has 0 aliphatic heterocycles. The number of hydrogen-bond donors (Lipinski definition) is 4. The van der Waals surface area contributed by atoms with Gasteiger partial charge in [0.2, 0.25) is 0 Å². The van der Waals surface area contributed by atoms with Crippen LogP contribution in [0.25, 0.3) is 33.8 Å². The highest BCUT2D eigenvalue weighted by Gasteiger charge is 2.32. The van der Waals surface area contributed by atoms with E-state index in [-0.39, 0.29) is 85.0 Å². The highest BCUT2D eigenvalue weighted by atomic mass is 28.3. The molecule has 0 radical (unpaired) electrons. The monoisotopic (exact) mass is 1330 g/mol. The largest absolute Gasteiger partial charge is 0.492 e. The van der Waals surface area contributed by atoms with E-state index in [1.54, 1.807) is 31.2 Å². The number of nitrogens with two attached hydrogens (primary N) is 4. The van der Waals surface area contributed by atoms with Crippen LogP contribution >= 0.6 is 0 Å². The molecule has 3 aromatic carbocycles. The third-order valence-electron chi connectivity index (χ3n) is 13.5. The van der Waals surface area contributed by atoms with Gasteiger partial charge >= 0.3 is 23.9 Å². The molecule has 20 nitrogen and oxygen atoms in total. The number of carbonyl (C=O) groups excluding carboxylic acids is 4. The summed E-state index contributed by atoms with van der Waals surface area (Å²) < 4.78 is 139. The summed E-state index contributed by atoms with van der Waals surface area (Å²) in [5, 5.41) is 2.11. The van der Waals surface area contributed by atoms with Crippen molar-refractivity contribution in [2.24, 2.45) is 0 Å². The minimum atomic E-state index is -2.15. The molecule has 490 valence electrons. The van der Waals surface area contributed by atoms with Crippen molar-refractivity contribution in [2.75, 3.05) is 79.8 Å². The molecule has 30 heteroatoms. The molecule has 0 aliphatic carbocycles. The summed E-state index contributed by atoms with van der Waals surface area (Å²) in [5.41, 5.74) is 19.8. The number of pyridine rings is 4. The van der Waals surface area contributed by atoms with Crippen LogP contribution < -0.4 is 57.4 Å². The first-order valence-corrected chi connectivity index (χ1v) is 37.8. The zero-order chi connectivity index (χ0) is 69.1. The average Bonchev–Trinajstić information content (AvgIpc) is 0.796.